The van der Waals surface area contributed by atoms with E-state index < -0.39 is 0 Å². The van der Waals surface area contributed by atoms with E-state index in [0.29, 0.717) is 5.92 Å². The van der Waals surface area contributed by atoms with Crippen molar-refractivity contribution in [3.05, 3.63) is 46.0 Å². The lowest BCUT2D eigenvalue weighted by atomic mass is 9.94. The van der Waals surface area contributed by atoms with Crippen molar-refractivity contribution < 1.29 is 0 Å². The number of aromatic amines is 2. The van der Waals surface area contributed by atoms with Gasteiger partial charge in [-0.1, -0.05) is 13.8 Å². The predicted molar refractivity (Wildman–Crippen MR) is 77.3 cm³/mol. The number of hydrogen-bond donors (Lipinski definition) is 2. The third kappa shape index (κ3) is 2.12. The van der Waals surface area contributed by atoms with Crippen LogP contribution in [0.2, 0.25) is 0 Å². The van der Waals surface area contributed by atoms with Crippen LogP contribution in [0.3, 0.4) is 0 Å². The first-order valence-electron chi connectivity index (χ1n) is 6.91. The van der Waals surface area contributed by atoms with Gasteiger partial charge in [0.2, 0.25) is 0 Å². The van der Waals surface area contributed by atoms with Gasteiger partial charge in [-0.15, -0.1) is 0 Å². The molecule has 2 heteroatoms. The van der Waals surface area contributed by atoms with Gasteiger partial charge in [0.1, 0.15) is 0 Å². The highest BCUT2D eigenvalue weighted by atomic mass is 14.8. The Hall–Kier alpha value is -1.44. The Bertz CT molecular complexity index is 531. The van der Waals surface area contributed by atoms with Crippen molar-refractivity contribution >= 4 is 0 Å². The zero-order chi connectivity index (χ0) is 13.3. The van der Waals surface area contributed by atoms with E-state index in [2.05, 4.69) is 56.7 Å². The van der Waals surface area contributed by atoms with Crippen LogP contribution in [-0.4, -0.2) is 9.97 Å². The topological polar surface area (TPSA) is 31.6 Å². The van der Waals surface area contributed by atoms with Crippen LogP contribution in [0.4, 0.5) is 0 Å². The Morgan fingerprint density at radius 3 is 2.22 bits per heavy atom. The first-order chi connectivity index (χ1) is 8.58. The van der Waals surface area contributed by atoms with Gasteiger partial charge in [-0.05, 0) is 56.9 Å². The molecule has 2 heterocycles. The number of aryl methyl sites for hydroxylation is 2. The molecule has 2 N–H and O–H groups in total. The quantitative estimate of drug-likeness (QED) is 0.800. The molecule has 1 atom stereocenters. The van der Waals surface area contributed by atoms with Crippen molar-refractivity contribution in [2.45, 2.75) is 53.4 Å². The Balaban J connectivity index is 2.45. The maximum absolute atomic E-state index is 3.60. The van der Waals surface area contributed by atoms with Gasteiger partial charge < -0.3 is 9.97 Å². The SMILES string of the molecule is CCc1c(C)[nH]c(C(CC)c2ccc(C)[nH]2)c1C. The number of aromatic nitrogens is 2. The molecule has 0 aliphatic rings. The molecule has 0 radical (unpaired) electrons. The highest BCUT2D eigenvalue weighted by Crippen LogP contribution is 2.31. The summed E-state index contributed by atoms with van der Waals surface area (Å²) in [4.78, 5) is 7.08. The van der Waals surface area contributed by atoms with Gasteiger partial charge >= 0.3 is 0 Å². The van der Waals surface area contributed by atoms with Gasteiger partial charge in [-0.2, -0.15) is 0 Å². The average molecular weight is 244 g/mol. The van der Waals surface area contributed by atoms with Crippen molar-refractivity contribution in [3.8, 4) is 0 Å². The Morgan fingerprint density at radius 2 is 1.78 bits per heavy atom. The third-order valence-electron chi connectivity index (χ3n) is 3.97. The van der Waals surface area contributed by atoms with Crippen LogP contribution >= 0.6 is 0 Å². The first kappa shape index (κ1) is 13.0. The molecule has 98 valence electrons. The van der Waals surface area contributed by atoms with E-state index >= 15 is 0 Å². The largest absolute Gasteiger partial charge is 0.362 e. The minimum atomic E-state index is 0.456. The van der Waals surface area contributed by atoms with E-state index in [1.165, 1.54) is 33.9 Å². The minimum Gasteiger partial charge on any atom is -0.362 e. The summed E-state index contributed by atoms with van der Waals surface area (Å²) in [5.41, 5.74) is 8.18. The fourth-order valence-corrected chi connectivity index (χ4v) is 3.00. The maximum atomic E-state index is 3.60. The van der Waals surface area contributed by atoms with Gasteiger partial charge in [-0.25, -0.2) is 0 Å². The number of H-pyrrole nitrogens is 2. The molecular weight excluding hydrogens is 220 g/mol. The van der Waals surface area contributed by atoms with E-state index in [1.54, 1.807) is 0 Å². The van der Waals surface area contributed by atoms with Gasteiger partial charge in [0.05, 0.1) is 0 Å². The average Bonchev–Trinajstić information content (AvgIpc) is 2.86. The fourth-order valence-electron chi connectivity index (χ4n) is 3.00. The van der Waals surface area contributed by atoms with Crippen LogP contribution in [0.25, 0.3) is 0 Å². The normalized spacial score (nSPS) is 12.9. The van der Waals surface area contributed by atoms with Crippen LogP contribution in [-0.2, 0) is 6.42 Å². The van der Waals surface area contributed by atoms with Crippen molar-refractivity contribution in [2.24, 2.45) is 0 Å². The second-order valence-corrected chi connectivity index (χ2v) is 5.18. The molecular formula is C16H24N2. The van der Waals surface area contributed by atoms with Crippen molar-refractivity contribution in [1.82, 2.24) is 9.97 Å². The Labute approximate surface area is 110 Å². The summed E-state index contributed by atoms with van der Waals surface area (Å²) in [6.45, 7) is 11.0. The van der Waals surface area contributed by atoms with Crippen molar-refractivity contribution in [3.63, 3.8) is 0 Å². The summed E-state index contributed by atoms with van der Waals surface area (Å²) in [6.07, 6.45) is 2.22. The highest BCUT2D eigenvalue weighted by Gasteiger charge is 2.20. The van der Waals surface area contributed by atoms with Gasteiger partial charge in [0.15, 0.2) is 0 Å². The molecule has 0 aromatic carbocycles. The molecule has 0 aliphatic carbocycles. The lowest BCUT2D eigenvalue weighted by Gasteiger charge is -2.14. The minimum absolute atomic E-state index is 0.456. The predicted octanol–water partition coefficient (Wildman–Crippen LogP) is 4.37. The molecule has 1 unspecified atom stereocenters. The summed E-state index contributed by atoms with van der Waals surface area (Å²) in [5, 5.41) is 0. The van der Waals surface area contributed by atoms with E-state index in [4.69, 9.17) is 0 Å². The maximum Gasteiger partial charge on any atom is 0.0392 e. The van der Waals surface area contributed by atoms with Gasteiger partial charge in [-0.3, -0.25) is 0 Å². The molecule has 0 bridgehead atoms. The fraction of sp³-hybridized carbons (Fsp3) is 0.500. The number of nitrogens with one attached hydrogen (secondary N) is 2. The van der Waals surface area contributed by atoms with Crippen LogP contribution in [0.1, 0.15) is 60.1 Å². The van der Waals surface area contributed by atoms with E-state index in [-0.39, 0.29) is 0 Å². The van der Waals surface area contributed by atoms with Crippen LogP contribution < -0.4 is 0 Å². The summed E-state index contributed by atoms with van der Waals surface area (Å²) in [6, 6.07) is 4.37. The zero-order valence-electron chi connectivity index (χ0n) is 12.1. The highest BCUT2D eigenvalue weighted by molar-refractivity contribution is 5.40. The second kappa shape index (κ2) is 5.05. The number of rotatable bonds is 4. The van der Waals surface area contributed by atoms with Gasteiger partial charge in [0, 0.05) is 28.7 Å². The monoisotopic (exact) mass is 244 g/mol. The van der Waals surface area contributed by atoms with Crippen molar-refractivity contribution in [2.75, 3.05) is 0 Å². The molecule has 2 aromatic rings. The summed E-state index contributed by atoms with van der Waals surface area (Å²) >= 11 is 0. The second-order valence-electron chi connectivity index (χ2n) is 5.18. The third-order valence-corrected chi connectivity index (χ3v) is 3.97. The smallest absolute Gasteiger partial charge is 0.0392 e. The molecule has 0 saturated carbocycles. The molecule has 2 nitrogen and oxygen atoms in total. The molecule has 18 heavy (non-hydrogen) atoms. The summed E-state index contributed by atoms with van der Waals surface area (Å²) < 4.78 is 0. The van der Waals surface area contributed by atoms with E-state index in [1.807, 2.05) is 0 Å². The Kier molecular flexibility index (Phi) is 3.65. The van der Waals surface area contributed by atoms with Crippen LogP contribution in [0, 0.1) is 20.8 Å². The molecule has 0 fully saturated rings. The molecule has 0 aliphatic heterocycles. The van der Waals surface area contributed by atoms with Gasteiger partial charge in [0.25, 0.3) is 0 Å². The lowest BCUT2D eigenvalue weighted by Crippen LogP contribution is -2.03. The standard InChI is InChI=1S/C16H24N2/c1-6-13-11(4)16(18-12(13)5)14(7-2)15-9-8-10(3)17-15/h8-9,14,17-18H,6-7H2,1-5H3. The molecule has 2 rings (SSSR count). The van der Waals surface area contributed by atoms with Crippen molar-refractivity contribution in [1.29, 1.82) is 0 Å². The number of hydrogen-bond acceptors (Lipinski definition) is 0. The summed E-state index contributed by atoms with van der Waals surface area (Å²) in [7, 11) is 0. The molecule has 0 spiro atoms. The van der Waals surface area contributed by atoms with Crippen LogP contribution in [0.5, 0.6) is 0 Å². The zero-order valence-corrected chi connectivity index (χ0v) is 12.1. The first-order valence-corrected chi connectivity index (χ1v) is 6.91. The molecule has 0 saturated heterocycles. The Morgan fingerprint density at radius 1 is 1.06 bits per heavy atom. The summed E-state index contributed by atoms with van der Waals surface area (Å²) in [5.74, 6) is 0.456. The van der Waals surface area contributed by atoms with Crippen LogP contribution in [0.15, 0.2) is 12.1 Å². The molecule has 0 amide bonds. The molecule has 2 aromatic heterocycles. The lowest BCUT2D eigenvalue weighted by molar-refractivity contribution is 0.726. The van der Waals surface area contributed by atoms with E-state index in [0.717, 1.165) is 12.8 Å². The van der Waals surface area contributed by atoms with E-state index in [9.17, 15) is 0 Å².